The maximum absolute atomic E-state index is 13.3. The number of rotatable bonds is 10. The fourth-order valence-electron chi connectivity index (χ4n) is 4.37. The summed E-state index contributed by atoms with van der Waals surface area (Å²) in [6.07, 6.45) is 7.96. The Hall–Kier alpha value is -4.91. The van der Waals surface area contributed by atoms with Crippen LogP contribution in [-0.2, 0) is 16.1 Å². The lowest BCUT2D eigenvalue weighted by atomic mass is 10.1. The molecule has 202 valence electrons. The van der Waals surface area contributed by atoms with Crippen LogP contribution in [-0.4, -0.2) is 30.0 Å². The highest BCUT2D eigenvalue weighted by Crippen LogP contribution is 2.35. The average Bonchev–Trinajstić information content (AvgIpc) is 3.00. The van der Waals surface area contributed by atoms with Crippen molar-refractivity contribution in [2.75, 3.05) is 13.2 Å². The molecule has 7 heteroatoms. The molecule has 1 N–H and O–H groups in total. The van der Waals surface area contributed by atoms with Gasteiger partial charge in [0.1, 0.15) is 31.3 Å². The molecule has 0 unspecified atom stereocenters. The van der Waals surface area contributed by atoms with Crippen molar-refractivity contribution >= 4 is 22.6 Å². The summed E-state index contributed by atoms with van der Waals surface area (Å²) in [6, 6.07) is 24.7. The van der Waals surface area contributed by atoms with E-state index in [1.165, 1.54) is 0 Å². The van der Waals surface area contributed by atoms with Crippen LogP contribution in [0.2, 0.25) is 0 Å². The highest BCUT2D eigenvalue weighted by atomic mass is 16.5. The first-order valence-electron chi connectivity index (χ1n) is 13.2. The summed E-state index contributed by atoms with van der Waals surface area (Å²) in [6.45, 7) is 1.97. The minimum Gasteiger partial charge on any atom is -0.486 e. The highest BCUT2D eigenvalue weighted by Gasteiger charge is 2.21. The maximum atomic E-state index is 13.3. The molecule has 0 radical (unpaired) electrons. The summed E-state index contributed by atoms with van der Waals surface area (Å²) in [7, 11) is 0. The summed E-state index contributed by atoms with van der Waals surface area (Å²) >= 11 is 0. The predicted molar refractivity (Wildman–Crippen MR) is 154 cm³/mol. The van der Waals surface area contributed by atoms with Gasteiger partial charge in [0.15, 0.2) is 11.4 Å². The lowest BCUT2D eigenvalue weighted by Gasteiger charge is -2.16. The number of carbonyl (C=O) groups is 2. The Morgan fingerprint density at radius 3 is 2.40 bits per heavy atom. The third kappa shape index (κ3) is 6.74. The molecule has 4 aromatic rings. The van der Waals surface area contributed by atoms with E-state index >= 15 is 0 Å². The molecular formula is C33H30N2O5. The second kappa shape index (κ2) is 12.8. The van der Waals surface area contributed by atoms with Crippen LogP contribution in [0.15, 0.2) is 103 Å². The van der Waals surface area contributed by atoms with E-state index in [9.17, 15) is 9.59 Å². The SMILES string of the molecule is Cc1nc(C(=O)NCC(=O)OCC2=CCCC=C2)c(OCc2ccccc2)c2ccc(Oc3ccccc3)cc12. The molecule has 1 aromatic heterocycles. The number of allylic oxidation sites excluding steroid dienone is 2. The van der Waals surface area contributed by atoms with Crippen molar-refractivity contribution in [3.63, 3.8) is 0 Å². The highest BCUT2D eigenvalue weighted by molar-refractivity contribution is 6.03. The first kappa shape index (κ1) is 26.7. The number of amides is 1. The monoisotopic (exact) mass is 534 g/mol. The van der Waals surface area contributed by atoms with Crippen LogP contribution in [0.4, 0.5) is 0 Å². The number of hydrogen-bond donors (Lipinski definition) is 1. The zero-order valence-corrected chi connectivity index (χ0v) is 22.3. The van der Waals surface area contributed by atoms with Gasteiger partial charge in [0.25, 0.3) is 5.91 Å². The third-order valence-corrected chi connectivity index (χ3v) is 6.40. The molecule has 1 amide bonds. The number of pyridine rings is 1. The molecule has 1 heterocycles. The molecule has 0 spiro atoms. The summed E-state index contributed by atoms with van der Waals surface area (Å²) in [5.74, 6) is 0.637. The van der Waals surface area contributed by atoms with Crippen LogP contribution >= 0.6 is 0 Å². The number of carbonyl (C=O) groups excluding carboxylic acids is 2. The number of nitrogens with zero attached hydrogens (tertiary/aromatic N) is 1. The Morgan fingerprint density at radius 1 is 0.875 bits per heavy atom. The molecule has 0 atom stereocenters. The Kier molecular flexibility index (Phi) is 8.51. The molecule has 0 aliphatic heterocycles. The quantitative estimate of drug-likeness (QED) is 0.235. The van der Waals surface area contributed by atoms with E-state index in [4.69, 9.17) is 14.2 Å². The van der Waals surface area contributed by atoms with Crippen molar-refractivity contribution < 1.29 is 23.8 Å². The second-order valence-electron chi connectivity index (χ2n) is 9.37. The molecule has 1 aliphatic rings. The van der Waals surface area contributed by atoms with Gasteiger partial charge in [0.2, 0.25) is 0 Å². The topological polar surface area (TPSA) is 86.8 Å². The second-order valence-corrected chi connectivity index (χ2v) is 9.37. The van der Waals surface area contributed by atoms with Gasteiger partial charge in [-0.2, -0.15) is 0 Å². The Balaban J connectivity index is 1.38. The van der Waals surface area contributed by atoms with Crippen molar-refractivity contribution in [1.29, 1.82) is 0 Å². The zero-order chi connectivity index (χ0) is 27.7. The number of nitrogens with one attached hydrogen (secondary N) is 1. The van der Waals surface area contributed by atoms with E-state index in [1.807, 2.05) is 104 Å². The molecule has 7 nitrogen and oxygen atoms in total. The Labute approximate surface area is 233 Å². The molecule has 0 bridgehead atoms. The molecule has 0 saturated heterocycles. The van der Waals surface area contributed by atoms with Gasteiger partial charge in [-0.05, 0) is 61.2 Å². The molecular weight excluding hydrogens is 504 g/mol. The van der Waals surface area contributed by atoms with Gasteiger partial charge in [-0.3, -0.25) is 9.59 Å². The molecule has 5 rings (SSSR count). The van der Waals surface area contributed by atoms with Crippen LogP contribution in [0.5, 0.6) is 17.2 Å². The fraction of sp³-hybridized carbons (Fsp3) is 0.182. The summed E-state index contributed by atoms with van der Waals surface area (Å²) < 4.78 is 17.5. The summed E-state index contributed by atoms with van der Waals surface area (Å²) in [5.41, 5.74) is 2.62. The van der Waals surface area contributed by atoms with Crippen molar-refractivity contribution in [2.24, 2.45) is 0 Å². The number of hydrogen-bond acceptors (Lipinski definition) is 6. The first-order valence-corrected chi connectivity index (χ1v) is 13.2. The summed E-state index contributed by atoms with van der Waals surface area (Å²) in [5, 5.41) is 4.15. The maximum Gasteiger partial charge on any atom is 0.325 e. The van der Waals surface area contributed by atoms with E-state index in [-0.39, 0.29) is 25.5 Å². The van der Waals surface area contributed by atoms with Crippen molar-refractivity contribution in [1.82, 2.24) is 10.3 Å². The van der Waals surface area contributed by atoms with Crippen molar-refractivity contribution in [3.8, 4) is 17.2 Å². The Bertz CT molecular complexity index is 1560. The van der Waals surface area contributed by atoms with Crippen LogP contribution in [0.3, 0.4) is 0 Å². The van der Waals surface area contributed by atoms with Crippen molar-refractivity contribution in [3.05, 3.63) is 120 Å². The van der Waals surface area contributed by atoms with Crippen LogP contribution in [0.1, 0.15) is 34.6 Å². The van der Waals surface area contributed by atoms with Crippen LogP contribution in [0, 0.1) is 6.92 Å². The average molecular weight is 535 g/mol. The van der Waals surface area contributed by atoms with E-state index in [2.05, 4.69) is 10.3 Å². The number of aryl methyl sites for hydroxylation is 1. The van der Waals surface area contributed by atoms with Gasteiger partial charge in [0.05, 0.1) is 0 Å². The molecule has 3 aromatic carbocycles. The number of benzene rings is 3. The van der Waals surface area contributed by atoms with Gasteiger partial charge < -0.3 is 19.5 Å². The third-order valence-electron chi connectivity index (χ3n) is 6.40. The largest absolute Gasteiger partial charge is 0.486 e. The Morgan fingerprint density at radius 2 is 1.65 bits per heavy atom. The fourth-order valence-corrected chi connectivity index (χ4v) is 4.37. The van der Waals surface area contributed by atoms with Crippen LogP contribution < -0.4 is 14.8 Å². The molecule has 0 fully saturated rings. The lowest BCUT2D eigenvalue weighted by molar-refractivity contribution is -0.141. The standard InChI is InChI=1S/C33H30N2O5/c1-23-29-19-27(40-26-15-9-4-10-16-26)17-18-28(29)32(39-22-25-13-7-3-8-14-25)31(35-23)33(37)34-20-30(36)38-21-24-11-5-2-6-12-24/h3-5,7-19H,2,6,20-22H2,1H3,(H,34,37). The van der Waals surface area contributed by atoms with Gasteiger partial charge >= 0.3 is 5.97 Å². The van der Waals surface area contributed by atoms with Crippen LogP contribution in [0.25, 0.3) is 10.8 Å². The molecule has 1 aliphatic carbocycles. The van der Waals surface area contributed by atoms with Gasteiger partial charge in [-0.1, -0.05) is 66.8 Å². The van der Waals surface area contributed by atoms with Crippen molar-refractivity contribution in [2.45, 2.75) is 26.4 Å². The van der Waals surface area contributed by atoms with E-state index in [0.717, 1.165) is 29.4 Å². The van der Waals surface area contributed by atoms with Gasteiger partial charge in [0, 0.05) is 16.5 Å². The first-order chi connectivity index (χ1) is 19.6. The van der Waals surface area contributed by atoms with E-state index in [0.29, 0.717) is 28.3 Å². The number of esters is 1. The lowest BCUT2D eigenvalue weighted by Crippen LogP contribution is -2.32. The minimum absolute atomic E-state index is 0.100. The summed E-state index contributed by atoms with van der Waals surface area (Å²) in [4.78, 5) is 30.2. The smallest absolute Gasteiger partial charge is 0.325 e. The zero-order valence-electron chi connectivity index (χ0n) is 22.3. The molecule has 0 saturated carbocycles. The van der Waals surface area contributed by atoms with Gasteiger partial charge in [-0.15, -0.1) is 0 Å². The number of para-hydroxylation sites is 1. The minimum atomic E-state index is -0.528. The molecule has 40 heavy (non-hydrogen) atoms. The van der Waals surface area contributed by atoms with E-state index in [1.54, 1.807) is 0 Å². The predicted octanol–water partition coefficient (Wildman–Crippen LogP) is 6.46. The number of aromatic nitrogens is 1. The van der Waals surface area contributed by atoms with Gasteiger partial charge in [-0.25, -0.2) is 4.98 Å². The number of ether oxygens (including phenoxy) is 3. The normalized spacial score (nSPS) is 12.5. The van der Waals surface area contributed by atoms with E-state index < -0.39 is 11.9 Å². The number of fused-ring (bicyclic) bond motifs is 1.